The van der Waals surface area contributed by atoms with Gasteiger partial charge in [-0.1, -0.05) is 28.9 Å². The Morgan fingerprint density at radius 2 is 1.94 bits per heavy atom. The number of hydrogen-bond acceptors (Lipinski definition) is 5. The van der Waals surface area contributed by atoms with Crippen LogP contribution in [0.3, 0.4) is 0 Å². The zero-order chi connectivity index (χ0) is 21.8. The summed E-state index contributed by atoms with van der Waals surface area (Å²) in [4.78, 5) is 30.3. The third-order valence-corrected chi connectivity index (χ3v) is 8.68. The average Bonchev–Trinajstić information content (AvgIpc) is 3.59. The Hall–Kier alpha value is -1.99. The van der Waals surface area contributed by atoms with Crippen LogP contribution in [0.25, 0.3) is 10.2 Å². The Morgan fingerprint density at radius 1 is 1.12 bits per heavy atom. The molecule has 1 aliphatic heterocycles. The molecule has 5 nitrogen and oxygen atoms in total. The molecular formula is C25H27BrN4OS. The Bertz CT molecular complexity index is 1200. The quantitative estimate of drug-likeness (QED) is 0.472. The largest absolute Gasteiger partial charge is 0.352 e. The van der Waals surface area contributed by atoms with E-state index in [1.807, 2.05) is 40.5 Å². The predicted molar refractivity (Wildman–Crippen MR) is 133 cm³/mol. The summed E-state index contributed by atoms with van der Waals surface area (Å²) >= 11 is 5.38. The van der Waals surface area contributed by atoms with Crippen molar-refractivity contribution in [3.05, 3.63) is 50.6 Å². The van der Waals surface area contributed by atoms with Gasteiger partial charge in [0.05, 0.1) is 5.39 Å². The van der Waals surface area contributed by atoms with Crippen LogP contribution in [0.1, 0.15) is 58.7 Å². The van der Waals surface area contributed by atoms with Crippen molar-refractivity contribution in [1.82, 2.24) is 14.9 Å². The van der Waals surface area contributed by atoms with Crippen LogP contribution in [-0.2, 0) is 12.8 Å². The molecule has 0 bridgehead atoms. The molecule has 3 aromatic rings. The Morgan fingerprint density at radius 3 is 2.69 bits per heavy atom. The van der Waals surface area contributed by atoms with E-state index in [-0.39, 0.29) is 5.91 Å². The van der Waals surface area contributed by atoms with Gasteiger partial charge >= 0.3 is 0 Å². The first-order valence-corrected chi connectivity index (χ1v) is 13.3. The Labute approximate surface area is 201 Å². The molecule has 7 heteroatoms. The highest BCUT2D eigenvalue weighted by atomic mass is 79.9. The number of rotatable bonds is 3. The maximum atomic E-state index is 13.0. The van der Waals surface area contributed by atoms with Gasteiger partial charge < -0.3 is 9.80 Å². The van der Waals surface area contributed by atoms with Gasteiger partial charge in [-0.25, -0.2) is 9.97 Å². The van der Waals surface area contributed by atoms with Crippen LogP contribution in [0, 0.1) is 5.92 Å². The number of aryl methyl sites for hydroxylation is 1. The number of anilines is 1. The summed E-state index contributed by atoms with van der Waals surface area (Å²) in [6.07, 6.45) is 5.97. The van der Waals surface area contributed by atoms with Crippen LogP contribution >= 0.6 is 27.3 Å². The number of benzene rings is 1. The summed E-state index contributed by atoms with van der Waals surface area (Å²) in [5.41, 5.74) is 2.24. The van der Waals surface area contributed by atoms with Gasteiger partial charge in [0.1, 0.15) is 16.5 Å². The van der Waals surface area contributed by atoms with Gasteiger partial charge in [-0.2, -0.15) is 0 Å². The molecule has 0 radical (unpaired) electrons. The van der Waals surface area contributed by atoms with Crippen LogP contribution in [0.5, 0.6) is 0 Å². The van der Waals surface area contributed by atoms with Crippen molar-refractivity contribution in [2.75, 3.05) is 31.1 Å². The third-order valence-electron chi connectivity index (χ3n) is 7.03. The summed E-state index contributed by atoms with van der Waals surface area (Å²) < 4.78 is 0.939. The normalized spacial score (nSPS) is 21.1. The van der Waals surface area contributed by atoms with Gasteiger partial charge in [0.2, 0.25) is 0 Å². The second-order valence-corrected chi connectivity index (χ2v) is 11.5. The molecule has 3 heterocycles. The summed E-state index contributed by atoms with van der Waals surface area (Å²) in [6, 6.07) is 7.68. The minimum absolute atomic E-state index is 0.111. The molecule has 1 amide bonds. The van der Waals surface area contributed by atoms with Crippen LogP contribution in [0.4, 0.5) is 5.82 Å². The van der Waals surface area contributed by atoms with Crippen molar-refractivity contribution in [3.8, 4) is 0 Å². The maximum Gasteiger partial charge on any atom is 0.254 e. The fourth-order valence-electron chi connectivity index (χ4n) is 5.02. The Kier molecular flexibility index (Phi) is 5.22. The molecule has 1 saturated carbocycles. The lowest BCUT2D eigenvalue weighted by molar-refractivity contribution is 0.0746. The lowest BCUT2D eigenvalue weighted by Crippen LogP contribution is -2.49. The number of halogens is 1. The van der Waals surface area contributed by atoms with Crippen molar-refractivity contribution in [1.29, 1.82) is 0 Å². The smallest absolute Gasteiger partial charge is 0.254 e. The number of fused-ring (bicyclic) bond motifs is 3. The molecule has 1 atom stereocenters. The SMILES string of the molecule is C[C@H]1CCc2c(sc3nc(C4CC4)nc(N4CCN(C(=O)c5cccc(Br)c5)CC4)c23)C1. The Balaban J connectivity index is 1.30. The average molecular weight is 511 g/mol. The fraction of sp³-hybridized carbons (Fsp3) is 0.480. The van der Waals surface area contributed by atoms with Gasteiger partial charge in [-0.3, -0.25) is 4.79 Å². The summed E-state index contributed by atoms with van der Waals surface area (Å²) in [6.45, 7) is 5.43. The zero-order valence-electron chi connectivity index (χ0n) is 18.3. The van der Waals surface area contributed by atoms with Gasteiger partial charge in [0.25, 0.3) is 5.91 Å². The van der Waals surface area contributed by atoms with Gasteiger partial charge in [-0.15, -0.1) is 11.3 Å². The predicted octanol–water partition coefficient (Wildman–Crippen LogP) is 5.42. The van der Waals surface area contributed by atoms with E-state index in [2.05, 4.69) is 27.8 Å². The highest BCUT2D eigenvalue weighted by Crippen LogP contribution is 2.44. The van der Waals surface area contributed by atoms with Gasteiger partial charge in [0.15, 0.2) is 0 Å². The van der Waals surface area contributed by atoms with Crippen molar-refractivity contribution in [3.63, 3.8) is 0 Å². The van der Waals surface area contributed by atoms with E-state index in [0.29, 0.717) is 5.92 Å². The molecule has 1 aromatic carbocycles. The summed E-state index contributed by atoms with van der Waals surface area (Å²) in [5.74, 6) is 3.56. The van der Waals surface area contributed by atoms with Gasteiger partial charge in [-0.05, 0) is 61.8 Å². The molecule has 0 unspecified atom stereocenters. The first-order chi connectivity index (χ1) is 15.6. The maximum absolute atomic E-state index is 13.0. The standard InChI is InChI=1S/C25H27BrN4OS/c1-15-5-8-19-20(13-15)32-24-21(19)23(27-22(28-24)16-6-7-16)29-9-11-30(12-10-29)25(31)17-3-2-4-18(26)14-17/h2-4,14-16H,5-13H2,1H3/t15-/m0/s1. The first-order valence-electron chi connectivity index (χ1n) is 11.7. The number of thiophene rings is 1. The van der Waals surface area contributed by atoms with Crippen LogP contribution in [0.15, 0.2) is 28.7 Å². The van der Waals surface area contributed by atoms with Crippen molar-refractivity contribution in [2.45, 2.75) is 44.9 Å². The molecule has 2 aromatic heterocycles. The number of nitrogens with zero attached hydrogens (tertiary/aromatic N) is 4. The third kappa shape index (κ3) is 3.73. The highest BCUT2D eigenvalue weighted by molar-refractivity contribution is 9.10. The van der Waals surface area contributed by atoms with Crippen molar-refractivity contribution < 1.29 is 4.79 Å². The molecule has 2 aliphatic carbocycles. The number of aromatic nitrogens is 2. The first kappa shape index (κ1) is 20.6. The van der Waals surface area contributed by atoms with Crippen LogP contribution in [0.2, 0.25) is 0 Å². The molecule has 1 saturated heterocycles. The topological polar surface area (TPSA) is 49.3 Å². The van der Waals surface area contributed by atoms with Crippen LogP contribution in [-0.4, -0.2) is 47.0 Å². The van der Waals surface area contributed by atoms with E-state index in [9.17, 15) is 4.79 Å². The van der Waals surface area contributed by atoms with E-state index >= 15 is 0 Å². The summed E-state index contributed by atoms with van der Waals surface area (Å²) in [5, 5.41) is 1.30. The van der Waals surface area contributed by atoms with E-state index in [1.165, 1.54) is 46.3 Å². The molecule has 6 rings (SSSR count). The number of amides is 1. The van der Waals surface area contributed by atoms with Crippen LogP contribution < -0.4 is 4.90 Å². The minimum atomic E-state index is 0.111. The second-order valence-electron chi connectivity index (χ2n) is 9.50. The lowest BCUT2D eigenvalue weighted by atomic mass is 9.89. The lowest BCUT2D eigenvalue weighted by Gasteiger charge is -2.36. The molecule has 3 aliphatic rings. The fourth-order valence-corrected chi connectivity index (χ4v) is 6.80. The van der Waals surface area contributed by atoms with Crippen molar-refractivity contribution >= 4 is 49.2 Å². The second kappa shape index (κ2) is 8.10. The van der Waals surface area contributed by atoms with Crippen molar-refractivity contribution in [2.24, 2.45) is 5.92 Å². The molecule has 32 heavy (non-hydrogen) atoms. The molecular weight excluding hydrogens is 484 g/mol. The van der Waals surface area contributed by atoms with E-state index in [4.69, 9.17) is 9.97 Å². The molecule has 0 N–H and O–H groups in total. The van der Waals surface area contributed by atoms with E-state index < -0.39 is 0 Å². The highest BCUT2D eigenvalue weighted by Gasteiger charge is 2.32. The monoisotopic (exact) mass is 510 g/mol. The molecule has 2 fully saturated rings. The number of piperazine rings is 1. The zero-order valence-corrected chi connectivity index (χ0v) is 20.7. The number of hydrogen-bond donors (Lipinski definition) is 0. The van der Waals surface area contributed by atoms with Gasteiger partial charge in [0, 0.05) is 47.0 Å². The number of carbonyl (C=O) groups excluding carboxylic acids is 1. The minimum Gasteiger partial charge on any atom is -0.352 e. The molecule has 166 valence electrons. The number of carbonyl (C=O) groups is 1. The molecule has 0 spiro atoms. The van der Waals surface area contributed by atoms with E-state index in [1.54, 1.807) is 0 Å². The summed E-state index contributed by atoms with van der Waals surface area (Å²) in [7, 11) is 0. The van der Waals surface area contributed by atoms with E-state index in [0.717, 1.165) is 60.2 Å².